The molecule has 4 aromatic rings. The number of benzene rings is 2. The highest BCUT2D eigenvalue weighted by atomic mass is 32.2. The van der Waals surface area contributed by atoms with E-state index in [1.807, 2.05) is 36.4 Å². The summed E-state index contributed by atoms with van der Waals surface area (Å²) in [4.78, 5) is 12.5. The summed E-state index contributed by atoms with van der Waals surface area (Å²) in [5, 5.41) is 8.04. The third-order valence-electron chi connectivity index (χ3n) is 5.81. The zero-order valence-corrected chi connectivity index (χ0v) is 19.4. The first-order valence-corrected chi connectivity index (χ1v) is 12.5. The molecule has 7 heteroatoms. The molecule has 5 rings (SSSR count). The number of aryl methyl sites for hydroxylation is 1. The van der Waals surface area contributed by atoms with Gasteiger partial charge in [-0.05, 0) is 42.8 Å². The molecule has 1 aliphatic heterocycles. The van der Waals surface area contributed by atoms with Gasteiger partial charge in [0, 0.05) is 60.2 Å². The Labute approximate surface area is 196 Å². The molecule has 0 radical (unpaired) electrons. The maximum atomic E-state index is 12.7. The van der Waals surface area contributed by atoms with Gasteiger partial charge in [-0.1, -0.05) is 35.9 Å². The fourth-order valence-electron chi connectivity index (χ4n) is 4.13. The molecule has 0 saturated heterocycles. The topological polar surface area (TPSA) is 70.2 Å². The minimum atomic E-state index is -0.986. The number of hydrogen-bond donors (Lipinski definition) is 2. The molecule has 3 heterocycles. The van der Waals surface area contributed by atoms with Crippen molar-refractivity contribution in [1.82, 2.24) is 9.97 Å². The number of aromatic nitrogens is 2. The molecule has 2 aromatic carbocycles. The number of fused-ring (bicyclic) bond motifs is 2. The fraction of sp³-hybridized carbons (Fsp3) is 0.231. The Morgan fingerprint density at radius 1 is 1.00 bits per heavy atom. The lowest BCUT2D eigenvalue weighted by molar-refractivity contribution is 0.683. The van der Waals surface area contributed by atoms with Crippen molar-refractivity contribution in [3.8, 4) is 0 Å². The maximum absolute atomic E-state index is 12.7. The van der Waals surface area contributed by atoms with E-state index < -0.39 is 10.8 Å². The monoisotopic (exact) mass is 457 g/mol. The van der Waals surface area contributed by atoms with Gasteiger partial charge < -0.3 is 15.5 Å². The van der Waals surface area contributed by atoms with E-state index in [1.54, 1.807) is 6.20 Å². The molecule has 0 spiro atoms. The van der Waals surface area contributed by atoms with Crippen molar-refractivity contribution in [1.29, 1.82) is 0 Å². The minimum absolute atomic E-state index is 0.599. The van der Waals surface area contributed by atoms with Crippen LogP contribution in [0.2, 0.25) is 0 Å². The van der Waals surface area contributed by atoms with Crippen LogP contribution in [0.25, 0.3) is 10.9 Å². The first kappa shape index (κ1) is 21.4. The highest BCUT2D eigenvalue weighted by molar-refractivity contribution is 7.85. The Bertz CT molecular complexity index is 1290. The molecule has 168 valence electrons. The van der Waals surface area contributed by atoms with Gasteiger partial charge in [0.25, 0.3) is 0 Å². The van der Waals surface area contributed by atoms with Gasteiger partial charge in [0.1, 0.15) is 11.6 Å². The van der Waals surface area contributed by atoms with E-state index in [0.717, 1.165) is 51.8 Å². The highest BCUT2D eigenvalue weighted by Crippen LogP contribution is 2.30. The zero-order chi connectivity index (χ0) is 22.6. The third kappa shape index (κ3) is 4.83. The average Bonchev–Trinajstić information content (AvgIpc) is 3.01. The molecule has 1 aliphatic rings. The maximum Gasteiger partial charge on any atom is 0.131 e. The number of pyridine rings is 2. The Kier molecular flexibility index (Phi) is 6.21. The van der Waals surface area contributed by atoms with Crippen molar-refractivity contribution >= 4 is 39.0 Å². The van der Waals surface area contributed by atoms with Gasteiger partial charge in [0.2, 0.25) is 0 Å². The largest absolute Gasteiger partial charge is 0.383 e. The average molecular weight is 458 g/mol. The van der Waals surface area contributed by atoms with Crippen LogP contribution in [0.4, 0.5) is 17.3 Å². The molecular formula is C26H27N5OS. The van der Waals surface area contributed by atoms with Crippen molar-refractivity contribution in [3.05, 3.63) is 84.1 Å². The first-order valence-electron chi connectivity index (χ1n) is 11.2. The predicted octanol–water partition coefficient (Wildman–Crippen LogP) is 4.59. The molecule has 0 amide bonds. The highest BCUT2D eigenvalue weighted by Gasteiger charge is 2.21. The molecule has 0 saturated carbocycles. The summed E-state index contributed by atoms with van der Waals surface area (Å²) in [7, 11) is -0.986. The predicted molar refractivity (Wildman–Crippen MR) is 136 cm³/mol. The lowest BCUT2D eigenvalue weighted by Crippen LogP contribution is -2.26. The van der Waals surface area contributed by atoms with Gasteiger partial charge in [0.05, 0.1) is 16.3 Å². The van der Waals surface area contributed by atoms with Gasteiger partial charge in [-0.2, -0.15) is 0 Å². The smallest absolute Gasteiger partial charge is 0.131 e. The lowest BCUT2D eigenvalue weighted by Gasteiger charge is -2.23. The Morgan fingerprint density at radius 3 is 2.73 bits per heavy atom. The molecule has 0 aliphatic carbocycles. The standard InChI is InChI=1S/C26H27N5OS/c1-19-9-10-22-21(16-19)23(27-12-13-29-25-8-4-5-11-28-25)17-26(30-22)31-14-15-33(32)24-7-3-2-6-20(24)18-31/h2-11,16-17H,12-15,18H2,1H3,(H,27,30)(H,28,29). The van der Waals surface area contributed by atoms with E-state index in [4.69, 9.17) is 4.98 Å². The Balaban J connectivity index is 1.41. The number of rotatable bonds is 6. The first-order chi connectivity index (χ1) is 16.2. The molecule has 1 unspecified atom stereocenters. The molecule has 1 atom stereocenters. The summed E-state index contributed by atoms with van der Waals surface area (Å²) in [5.74, 6) is 2.37. The van der Waals surface area contributed by atoms with Crippen LogP contribution in [0.1, 0.15) is 11.1 Å². The fourth-order valence-corrected chi connectivity index (χ4v) is 5.39. The van der Waals surface area contributed by atoms with Gasteiger partial charge in [-0.3, -0.25) is 4.21 Å². The van der Waals surface area contributed by atoms with Crippen molar-refractivity contribution in [3.63, 3.8) is 0 Å². The minimum Gasteiger partial charge on any atom is -0.383 e. The Hall–Kier alpha value is -3.45. The zero-order valence-electron chi connectivity index (χ0n) is 18.6. The summed E-state index contributed by atoms with van der Waals surface area (Å²) in [6.07, 6.45) is 1.79. The number of hydrogen-bond acceptors (Lipinski definition) is 6. The van der Waals surface area contributed by atoms with E-state index in [1.165, 1.54) is 5.56 Å². The van der Waals surface area contributed by atoms with Gasteiger partial charge >= 0.3 is 0 Å². The summed E-state index contributed by atoms with van der Waals surface area (Å²) in [6.45, 7) is 4.99. The van der Waals surface area contributed by atoms with Crippen LogP contribution in [-0.4, -0.2) is 39.6 Å². The second-order valence-electron chi connectivity index (χ2n) is 8.20. The van der Waals surface area contributed by atoms with Crippen LogP contribution in [0.5, 0.6) is 0 Å². The normalized spacial score (nSPS) is 15.7. The summed E-state index contributed by atoms with van der Waals surface area (Å²) >= 11 is 0. The second-order valence-corrected chi connectivity index (χ2v) is 9.74. The molecule has 0 bridgehead atoms. The third-order valence-corrected chi connectivity index (χ3v) is 7.25. The van der Waals surface area contributed by atoms with E-state index in [9.17, 15) is 4.21 Å². The van der Waals surface area contributed by atoms with E-state index in [2.05, 4.69) is 57.8 Å². The van der Waals surface area contributed by atoms with Crippen LogP contribution in [0.15, 0.2) is 77.8 Å². The van der Waals surface area contributed by atoms with Crippen LogP contribution < -0.4 is 15.5 Å². The second kappa shape index (κ2) is 9.58. The number of anilines is 3. The van der Waals surface area contributed by atoms with Crippen molar-refractivity contribution in [2.75, 3.05) is 40.9 Å². The van der Waals surface area contributed by atoms with E-state index in [0.29, 0.717) is 18.8 Å². The van der Waals surface area contributed by atoms with E-state index >= 15 is 0 Å². The van der Waals surface area contributed by atoms with Crippen LogP contribution in [-0.2, 0) is 17.3 Å². The van der Waals surface area contributed by atoms with Crippen LogP contribution in [0.3, 0.4) is 0 Å². The van der Waals surface area contributed by atoms with Crippen LogP contribution >= 0.6 is 0 Å². The van der Waals surface area contributed by atoms with E-state index in [-0.39, 0.29) is 0 Å². The summed E-state index contributed by atoms with van der Waals surface area (Å²) < 4.78 is 12.7. The van der Waals surface area contributed by atoms with Crippen LogP contribution in [0, 0.1) is 6.92 Å². The van der Waals surface area contributed by atoms with Gasteiger partial charge in [0.15, 0.2) is 0 Å². The number of nitrogens with zero attached hydrogens (tertiary/aromatic N) is 3. The molecule has 0 fully saturated rings. The molecule has 2 N–H and O–H groups in total. The lowest BCUT2D eigenvalue weighted by atomic mass is 10.1. The molecular weight excluding hydrogens is 430 g/mol. The van der Waals surface area contributed by atoms with Gasteiger partial charge in [-0.15, -0.1) is 0 Å². The van der Waals surface area contributed by atoms with Crippen molar-refractivity contribution in [2.45, 2.75) is 18.4 Å². The molecule has 2 aromatic heterocycles. The molecule has 33 heavy (non-hydrogen) atoms. The van der Waals surface area contributed by atoms with Crippen molar-refractivity contribution < 1.29 is 4.21 Å². The quantitative estimate of drug-likeness (QED) is 0.413. The van der Waals surface area contributed by atoms with Gasteiger partial charge in [-0.25, -0.2) is 9.97 Å². The summed E-state index contributed by atoms with van der Waals surface area (Å²) in [5.41, 5.74) is 4.32. The molecule has 6 nitrogen and oxygen atoms in total. The Morgan fingerprint density at radius 2 is 1.85 bits per heavy atom. The SMILES string of the molecule is Cc1ccc2nc(N3CCS(=O)c4ccccc4C3)cc(NCCNc3ccccn3)c2c1. The summed E-state index contributed by atoms with van der Waals surface area (Å²) in [6, 6.07) is 22.3. The number of nitrogens with one attached hydrogen (secondary N) is 2. The van der Waals surface area contributed by atoms with Crippen molar-refractivity contribution in [2.24, 2.45) is 0 Å².